The molecule has 1 spiro atoms. The van der Waals surface area contributed by atoms with E-state index in [-0.39, 0.29) is 16.7 Å². The summed E-state index contributed by atoms with van der Waals surface area (Å²) in [6.45, 7) is 5.51. The van der Waals surface area contributed by atoms with E-state index in [2.05, 4.69) is 19.2 Å². The quantitative estimate of drug-likeness (QED) is 0.674. The molecule has 0 unspecified atom stereocenters. The summed E-state index contributed by atoms with van der Waals surface area (Å²) in [5.74, 6) is -0.0598. The predicted octanol–water partition coefficient (Wildman–Crippen LogP) is 3.82. The van der Waals surface area contributed by atoms with E-state index in [1.807, 2.05) is 12.1 Å². The number of anilines is 1. The van der Waals surface area contributed by atoms with Crippen molar-refractivity contribution in [3.8, 4) is 0 Å². The number of nitrogens with zero attached hydrogens (tertiary/aromatic N) is 1. The molecule has 1 saturated carbocycles. The van der Waals surface area contributed by atoms with E-state index >= 15 is 0 Å². The Bertz CT molecular complexity index is 572. The third-order valence-electron chi connectivity index (χ3n) is 4.80. The van der Waals surface area contributed by atoms with E-state index < -0.39 is 5.79 Å². The zero-order valence-corrected chi connectivity index (χ0v) is 13.7. The van der Waals surface area contributed by atoms with Gasteiger partial charge in [0.15, 0.2) is 5.79 Å². The molecule has 0 bridgehead atoms. The van der Waals surface area contributed by atoms with E-state index in [0.29, 0.717) is 24.8 Å². The monoisotopic (exact) mass is 320 g/mol. The summed E-state index contributed by atoms with van der Waals surface area (Å²) in [5, 5.41) is 14.7. The average molecular weight is 320 g/mol. The first-order valence-electron chi connectivity index (χ1n) is 8.32. The maximum atomic E-state index is 11.3. The molecule has 1 aromatic carbocycles. The first kappa shape index (κ1) is 16.2. The number of benzene rings is 1. The van der Waals surface area contributed by atoms with Crippen LogP contribution >= 0.6 is 0 Å². The number of nitro benzene ring substituents is 1. The smallest absolute Gasteiger partial charge is 0.292 e. The Morgan fingerprint density at radius 1 is 1.26 bits per heavy atom. The average Bonchev–Trinajstić information content (AvgIpc) is 2.98. The Labute approximate surface area is 136 Å². The predicted molar refractivity (Wildman–Crippen MR) is 87.7 cm³/mol. The highest BCUT2D eigenvalue weighted by Crippen LogP contribution is 2.38. The van der Waals surface area contributed by atoms with Gasteiger partial charge in [0.25, 0.3) is 5.69 Å². The third kappa shape index (κ3) is 3.48. The molecule has 0 aromatic heterocycles. The second-order valence-corrected chi connectivity index (χ2v) is 6.71. The second-order valence-electron chi connectivity index (χ2n) is 6.71. The third-order valence-corrected chi connectivity index (χ3v) is 4.80. The van der Waals surface area contributed by atoms with Gasteiger partial charge in [-0.25, -0.2) is 0 Å². The van der Waals surface area contributed by atoms with Gasteiger partial charge in [-0.3, -0.25) is 10.1 Å². The number of rotatable bonds is 4. The van der Waals surface area contributed by atoms with Crippen molar-refractivity contribution in [2.24, 2.45) is 0 Å². The minimum Gasteiger partial charge on any atom is -0.377 e. The molecule has 1 heterocycles. The van der Waals surface area contributed by atoms with Crippen LogP contribution in [0.15, 0.2) is 18.2 Å². The van der Waals surface area contributed by atoms with Crippen molar-refractivity contribution in [2.75, 3.05) is 18.5 Å². The molecule has 23 heavy (non-hydrogen) atoms. The molecule has 1 aliphatic heterocycles. The van der Waals surface area contributed by atoms with Gasteiger partial charge in [0.2, 0.25) is 0 Å². The number of nitrogens with one attached hydrogen (secondary N) is 1. The molecule has 2 aliphatic rings. The highest BCUT2D eigenvalue weighted by molar-refractivity contribution is 5.63. The van der Waals surface area contributed by atoms with Gasteiger partial charge in [-0.1, -0.05) is 19.9 Å². The summed E-state index contributed by atoms with van der Waals surface area (Å²) < 4.78 is 11.5. The summed E-state index contributed by atoms with van der Waals surface area (Å²) in [6.07, 6.45) is 3.46. The summed E-state index contributed by atoms with van der Waals surface area (Å²) in [6, 6.07) is 5.57. The van der Waals surface area contributed by atoms with Gasteiger partial charge in [0.1, 0.15) is 5.69 Å². The number of hydrogen-bond acceptors (Lipinski definition) is 5. The van der Waals surface area contributed by atoms with Crippen molar-refractivity contribution in [1.29, 1.82) is 0 Å². The van der Waals surface area contributed by atoms with Crippen LogP contribution in [-0.4, -0.2) is 30.0 Å². The van der Waals surface area contributed by atoms with Crippen LogP contribution in [0.5, 0.6) is 0 Å². The Morgan fingerprint density at radius 3 is 2.48 bits per heavy atom. The fraction of sp³-hybridized carbons (Fsp3) is 0.647. The van der Waals surface area contributed by atoms with Gasteiger partial charge in [-0.05, 0) is 30.4 Å². The van der Waals surface area contributed by atoms with Crippen LogP contribution in [0.3, 0.4) is 0 Å². The molecule has 0 radical (unpaired) electrons. The van der Waals surface area contributed by atoms with Crippen LogP contribution in [0.25, 0.3) is 0 Å². The van der Waals surface area contributed by atoms with Gasteiger partial charge in [-0.2, -0.15) is 0 Å². The Hall–Kier alpha value is -1.66. The minimum absolute atomic E-state index is 0.142. The molecular weight excluding hydrogens is 296 g/mol. The van der Waals surface area contributed by atoms with Crippen molar-refractivity contribution in [3.63, 3.8) is 0 Å². The van der Waals surface area contributed by atoms with E-state index in [1.54, 1.807) is 6.07 Å². The first-order chi connectivity index (χ1) is 11.0. The standard InChI is InChI=1S/C17H24N2O4/c1-12(2)13-3-4-16(19(20)21)15(11-13)18-14-5-7-17(8-6-14)22-9-10-23-17/h3-4,11-12,14,18H,5-10H2,1-2H3. The van der Waals surface area contributed by atoms with Crippen molar-refractivity contribution < 1.29 is 14.4 Å². The maximum absolute atomic E-state index is 11.3. The zero-order chi connectivity index (χ0) is 16.4. The fourth-order valence-corrected chi connectivity index (χ4v) is 3.40. The summed E-state index contributed by atoms with van der Waals surface area (Å²) in [5.41, 5.74) is 1.87. The van der Waals surface area contributed by atoms with Crippen LogP contribution in [0.4, 0.5) is 11.4 Å². The lowest BCUT2D eigenvalue weighted by molar-refractivity contribution is -0.384. The van der Waals surface area contributed by atoms with Gasteiger partial charge in [0, 0.05) is 24.9 Å². The lowest BCUT2D eigenvalue weighted by atomic mass is 9.89. The molecule has 1 aromatic rings. The highest BCUT2D eigenvalue weighted by Gasteiger charge is 2.40. The number of ether oxygens (including phenoxy) is 2. The number of nitro groups is 1. The maximum Gasteiger partial charge on any atom is 0.292 e. The van der Waals surface area contributed by atoms with E-state index in [4.69, 9.17) is 9.47 Å². The van der Waals surface area contributed by atoms with Gasteiger partial charge >= 0.3 is 0 Å². The largest absolute Gasteiger partial charge is 0.377 e. The first-order valence-corrected chi connectivity index (χ1v) is 8.32. The lowest BCUT2D eigenvalue weighted by Gasteiger charge is -2.35. The summed E-state index contributed by atoms with van der Waals surface area (Å²) in [7, 11) is 0. The Morgan fingerprint density at radius 2 is 1.91 bits per heavy atom. The van der Waals surface area contributed by atoms with Crippen LogP contribution in [0.2, 0.25) is 0 Å². The van der Waals surface area contributed by atoms with Crippen molar-refractivity contribution in [2.45, 2.75) is 57.3 Å². The fourth-order valence-electron chi connectivity index (χ4n) is 3.40. The van der Waals surface area contributed by atoms with E-state index in [1.165, 1.54) is 0 Å². The molecule has 6 heteroatoms. The molecule has 1 N–H and O–H groups in total. The Kier molecular flexibility index (Phi) is 4.55. The zero-order valence-electron chi connectivity index (χ0n) is 13.7. The van der Waals surface area contributed by atoms with Gasteiger partial charge in [0.05, 0.1) is 18.1 Å². The second kappa shape index (κ2) is 6.45. The van der Waals surface area contributed by atoms with E-state index in [0.717, 1.165) is 31.2 Å². The lowest BCUT2D eigenvalue weighted by Crippen LogP contribution is -2.39. The molecule has 2 fully saturated rings. The molecule has 1 aliphatic carbocycles. The van der Waals surface area contributed by atoms with Crippen LogP contribution in [-0.2, 0) is 9.47 Å². The van der Waals surface area contributed by atoms with Crippen LogP contribution in [0.1, 0.15) is 51.0 Å². The molecule has 3 rings (SSSR count). The SMILES string of the molecule is CC(C)c1ccc([N+](=O)[O-])c(NC2CCC3(CC2)OCCO3)c1. The molecule has 1 saturated heterocycles. The molecule has 6 nitrogen and oxygen atoms in total. The molecule has 0 amide bonds. The van der Waals surface area contributed by atoms with Crippen molar-refractivity contribution in [1.82, 2.24) is 0 Å². The summed E-state index contributed by atoms with van der Waals surface area (Å²) in [4.78, 5) is 11.0. The van der Waals surface area contributed by atoms with Crippen LogP contribution in [0, 0.1) is 10.1 Å². The topological polar surface area (TPSA) is 73.6 Å². The van der Waals surface area contributed by atoms with Crippen molar-refractivity contribution in [3.05, 3.63) is 33.9 Å². The Balaban J connectivity index is 1.72. The van der Waals surface area contributed by atoms with Gasteiger partial charge in [-0.15, -0.1) is 0 Å². The minimum atomic E-state index is -0.399. The van der Waals surface area contributed by atoms with Crippen LogP contribution < -0.4 is 5.32 Å². The highest BCUT2D eigenvalue weighted by atomic mass is 16.7. The number of hydrogen-bond donors (Lipinski definition) is 1. The molecule has 126 valence electrons. The molecular formula is C17H24N2O4. The molecule has 0 atom stereocenters. The van der Waals surface area contributed by atoms with Gasteiger partial charge < -0.3 is 14.8 Å². The van der Waals surface area contributed by atoms with Crippen molar-refractivity contribution >= 4 is 11.4 Å². The normalized spacial score (nSPS) is 21.0. The van der Waals surface area contributed by atoms with E-state index in [9.17, 15) is 10.1 Å². The summed E-state index contributed by atoms with van der Waals surface area (Å²) >= 11 is 0.